The minimum atomic E-state index is -3.96. The second-order valence-electron chi connectivity index (χ2n) is 10.6. The van der Waals surface area contributed by atoms with E-state index in [0.29, 0.717) is 23.0 Å². The number of hydrogen-bond donors (Lipinski definition) is 3. The number of rotatable bonds is 10. The average Bonchev–Trinajstić information content (AvgIpc) is 2.91. The molecule has 0 atom stereocenters. The molecule has 9 nitrogen and oxygen atoms in total. The number of anilines is 1. The molecule has 0 fully saturated rings. The van der Waals surface area contributed by atoms with Crippen molar-refractivity contribution in [1.82, 2.24) is 9.62 Å². The number of carbonyl (C=O) groups excluding carboxylic acids is 1. The number of benzene rings is 4. The molecule has 0 heterocycles. The van der Waals surface area contributed by atoms with E-state index in [0.717, 1.165) is 0 Å². The summed E-state index contributed by atoms with van der Waals surface area (Å²) in [4.78, 5) is 15.4. The number of amides is 1. The van der Waals surface area contributed by atoms with E-state index in [-0.39, 0.29) is 39.5 Å². The highest BCUT2D eigenvalue weighted by Crippen LogP contribution is 2.39. The molecule has 0 aliphatic heterocycles. The number of phenols is 1. The van der Waals surface area contributed by atoms with Gasteiger partial charge in [0.05, 0.1) is 16.9 Å². The first-order chi connectivity index (χ1) is 19.0. The fraction of sp³-hybridized carbons (Fsp3) is 0.233. The summed E-state index contributed by atoms with van der Waals surface area (Å²) in [5.41, 5.74) is 0.425. The summed E-state index contributed by atoms with van der Waals surface area (Å²) in [6.07, 6.45) is 0. The van der Waals surface area contributed by atoms with Gasteiger partial charge >= 0.3 is 0 Å². The van der Waals surface area contributed by atoms with Crippen LogP contribution in [0, 0.1) is 5.41 Å². The molecule has 0 bridgehead atoms. The first-order valence-corrected chi connectivity index (χ1v) is 14.2. The summed E-state index contributed by atoms with van der Waals surface area (Å²) in [5.74, 6) is -1.05. The van der Waals surface area contributed by atoms with Crippen LogP contribution in [0.4, 0.5) is 17.1 Å². The van der Waals surface area contributed by atoms with Gasteiger partial charge in [0.1, 0.15) is 10.6 Å². The minimum Gasteiger partial charge on any atom is -0.505 e. The van der Waals surface area contributed by atoms with Crippen LogP contribution >= 0.6 is 0 Å². The summed E-state index contributed by atoms with van der Waals surface area (Å²) < 4.78 is 29.2. The highest BCUT2D eigenvalue weighted by Gasteiger charge is 2.26. The monoisotopic (exact) mass is 559 g/mol. The summed E-state index contributed by atoms with van der Waals surface area (Å²) >= 11 is 0. The van der Waals surface area contributed by atoms with Crippen LogP contribution < -0.4 is 10.0 Å². The van der Waals surface area contributed by atoms with Crippen molar-refractivity contribution in [2.24, 2.45) is 15.6 Å². The number of phenolic OH excluding ortho intramolecular Hbond substituents is 1. The molecule has 0 saturated carbocycles. The molecule has 0 unspecified atom stereocenters. The quantitative estimate of drug-likeness (QED) is 0.203. The first kappa shape index (κ1) is 28.9. The van der Waals surface area contributed by atoms with Gasteiger partial charge in [0.2, 0.25) is 10.0 Å². The summed E-state index contributed by atoms with van der Waals surface area (Å²) in [5, 5.41) is 23.6. The molecule has 40 heavy (non-hydrogen) atoms. The zero-order chi connectivity index (χ0) is 28.9. The Morgan fingerprint density at radius 3 is 2.30 bits per heavy atom. The van der Waals surface area contributed by atoms with Gasteiger partial charge in [0.25, 0.3) is 5.91 Å². The molecule has 1 amide bonds. The molecule has 4 aromatic carbocycles. The Balaban J connectivity index is 1.66. The largest absolute Gasteiger partial charge is 0.505 e. The number of azo groups is 1. The van der Waals surface area contributed by atoms with Gasteiger partial charge in [-0.1, -0.05) is 68.4 Å². The Hall–Kier alpha value is -4.12. The van der Waals surface area contributed by atoms with Crippen molar-refractivity contribution in [2.75, 3.05) is 32.5 Å². The number of nitrogens with zero attached hydrogens (tertiary/aromatic N) is 3. The zero-order valence-electron chi connectivity index (χ0n) is 22.9. The van der Waals surface area contributed by atoms with E-state index >= 15 is 0 Å². The fourth-order valence-corrected chi connectivity index (χ4v) is 5.87. The molecule has 4 rings (SSSR count). The number of carbonyl (C=O) groups is 1. The van der Waals surface area contributed by atoms with Crippen molar-refractivity contribution >= 4 is 43.8 Å². The Kier molecular flexibility index (Phi) is 8.63. The lowest BCUT2D eigenvalue weighted by atomic mass is 9.93. The van der Waals surface area contributed by atoms with Crippen LogP contribution in [0.15, 0.2) is 100 Å². The molecule has 0 aliphatic rings. The van der Waals surface area contributed by atoms with E-state index in [4.69, 9.17) is 0 Å². The van der Waals surface area contributed by atoms with Crippen LogP contribution in [-0.4, -0.2) is 51.5 Å². The van der Waals surface area contributed by atoms with E-state index in [1.54, 1.807) is 48.5 Å². The lowest BCUT2D eigenvalue weighted by Gasteiger charge is -2.28. The number of para-hydroxylation sites is 1. The molecule has 0 spiro atoms. The fourth-order valence-electron chi connectivity index (χ4n) is 4.47. The summed E-state index contributed by atoms with van der Waals surface area (Å²) in [6, 6.07) is 23.9. The van der Waals surface area contributed by atoms with E-state index in [9.17, 15) is 18.3 Å². The van der Waals surface area contributed by atoms with Gasteiger partial charge in [0, 0.05) is 18.5 Å². The first-order valence-electron chi connectivity index (χ1n) is 12.7. The van der Waals surface area contributed by atoms with E-state index in [2.05, 4.69) is 20.3 Å². The number of sulfonamides is 1. The Morgan fingerprint density at radius 1 is 0.925 bits per heavy atom. The molecule has 0 aromatic heterocycles. The maximum atomic E-state index is 13.5. The lowest BCUT2D eigenvalue weighted by molar-refractivity contribution is 0.102. The summed E-state index contributed by atoms with van der Waals surface area (Å²) in [6.45, 7) is 4.83. The highest BCUT2D eigenvalue weighted by molar-refractivity contribution is 7.89. The second-order valence-corrected chi connectivity index (χ2v) is 12.3. The van der Waals surface area contributed by atoms with Gasteiger partial charge in [0.15, 0.2) is 5.75 Å². The second kappa shape index (κ2) is 12.0. The minimum absolute atomic E-state index is 0.0620. The molecule has 10 heteroatoms. The Bertz CT molecular complexity index is 1650. The van der Waals surface area contributed by atoms with Crippen LogP contribution in [0.2, 0.25) is 0 Å². The molecule has 0 aliphatic carbocycles. The van der Waals surface area contributed by atoms with Crippen LogP contribution in [0.5, 0.6) is 5.75 Å². The van der Waals surface area contributed by atoms with E-state index < -0.39 is 15.9 Å². The summed E-state index contributed by atoms with van der Waals surface area (Å²) in [7, 11) is -0.103. The number of aromatic hydroxyl groups is 1. The standard InChI is InChI=1S/C30H33N5O4S/c1-30(2,20-35(3)4)19-31-40(38,39)26-17-11-10-16-25(26)32-29(37)24-18-21-12-8-9-15-23(21)27(28(24)36)34-33-22-13-6-5-7-14-22/h5-18,31,36H,19-20H2,1-4H3,(H,32,37). The zero-order valence-corrected chi connectivity index (χ0v) is 23.7. The molecule has 3 N–H and O–H groups in total. The molecule has 4 aromatic rings. The smallest absolute Gasteiger partial charge is 0.259 e. The molecular weight excluding hydrogens is 526 g/mol. The maximum absolute atomic E-state index is 13.5. The Morgan fingerprint density at radius 2 is 1.57 bits per heavy atom. The molecule has 0 radical (unpaired) electrons. The van der Waals surface area contributed by atoms with Crippen molar-refractivity contribution < 1.29 is 18.3 Å². The van der Waals surface area contributed by atoms with Crippen molar-refractivity contribution in [2.45, 2.75) is 18.7 Å². The molecule has 0 saturated heterocycles. The Labute approximate surface area is 234 Å². The van der Waals surface area contributed by atoms with Crippen molar-refractivity contribution in [3.8, 4) is 5.75 Å². The SMILES string of the molecule is CN(C)CC(C)(C)CNS(=O)(=O)c1ccccc1NC(=O)c1cc2ccccc2c(N=Nc2ccccc2)c1O. The lowest BCUT2D eigenvalue weighted by Crippen LogP contribution is -2.40. The van der Waals surface area contributed by atoms with Crippen molar-refractivity contribution in [1.29, 1.82) is 0 Å². The molecular formula is C30H33N5O4S. The topological polar surface area (TPSA) is 123 Å². The normalized spacial score (nSPS) is 12.3. The van der Waals surface area contributed by atoms with Gasteiger partial charge < -0.3 is 15.3 Å². The van der Waals surface area contributed by atoms with Gasteiger partial charge in [-0.25, -0.2) is 13.1 Å². The van der Waals surface area contributed by atoms with Crippen LogP contribution in [-0.2, 0) is 10.0 Å². The van der Waals surface area contributed by atoms with Crippen LogP contribution in [0.3, 0.4) is 0 Å². The van der Waals surface area contributed by atoms with E-state index in [1.807, 2.05) is 57.1 Å². The third-order valence-electron chi connectivity index (χ3n) is 6.17. The maximum Gasteiger partial charge on any atom is 0.259 e. The van der Waals surface area contributed by atoms with E-state index in [1.165, 1.54) is 12.1 Å². The van der Waals surface area contributed by atoms with Gasteiger partial charge in [-0.2, -0.15) is 5.11 Å². The predicted molar refractivity (Wildman–Crippen MR) is 158 cm³/mol. The van der Waals surface area contributed by atoms with Crippen molar-refractivity contribution in [3.05, 3.63) is 90.5 Å². The average molecular weight is 560 g/mol. The number of nitrogens with one attached hydrogen (secondary N) is 2. The van der Waals surface area contributed by atoms with Crippen LogP contribution in [0.25, 0.3) is 10.8 Å². The van der Waals surface area contributed by atoms with Gasteiger partial charge in [-0.15, -0.1) is 5.11 Å². The third kappa shape index (κ3) is 6.90. The number of fused-ring (bicyclic) bond motifs is 1. The van der Waals surface area contributed by atoms with Crippen molar-refractivity contribution in [3.63, 3.8) is 0 Å². The van der Waals surface area contributed by atoms with Crippen LogP contribution in [0.1, 0.15) is 24.2 Å². The predicted octanol–water partition coefficient (Wildman–Crippen LogP) is 6.08. The number of hydrogen-bond acceptors (Lipinski definition) is 7. The molecule has 208 valence electrons. The van der Waals surface area contributed by atoms with Gasteiger partial charge in [-0.05, 0) is 55.2 Å². The van der Waals surface area contributed by atoms with Gasteiger partial charge in [-0.3, -0.25) is 4.79 Å². The highest BCUT2D eigenvalue weighted by atomic mass is 32.2. The third-order valence-corrected chi connectivity index (χ3v) is 7.63.